The number of aromatic nitrogens is 2. The van der Waals surface area contributed by atoms with Crippen molar-refractivity contribution in [1.82, 2.24) is 9.47 Å². The van der Waals surface area contributed by atoms with Gasteiger partial charge in [-0.25, -0.2) is 9.13 Å². The van der Waals surface area contributed by atoms with Gasteiger partial charge in [-0.2, -0.15) is 0 Å². The van der Waals surface area contributed by atoms with E-state index in [9.17, 15) is 0 Å². The Labute approximate surface area is 116 Å². The summed E-state index contributed by atoms with van der Waals surface area (Å²) in [6, 6.07) is 10.6. The van der Waals surface area contributed by atoms with Gasteiger partial charge >= 0.3 is 0 Å². The molecule has 102 valence electrons. The van der Waals surface area contributed by atoms with Crippen molar-refractivity contribution in [2.75, 3.05) is 14.1 Å². The molecule has 1 unspecified atom stereocenters. The highest BCUT2D eigenvalue weighted by atomic mass is 15.3. The average molecular weight is 258 g/mol. The Bertz CT molecular complexity index is 492. The predicted octanol–water partition coefficient (Wildman–Crippen LogP) is 2.54. The monoisotopic (exact) mass is 258 g/mol. The van der Waals surface area contributed by atoms with Crippen LogP contribution in [0.5, 0.6) is 0 Å². The molecule has 1 aromatic carbocycles. The molecule has 0 spiro atoms. The first-order valence-electron chi connectivity index (χ1n) is 6.85. The van der Waals surface area contributed by atoms with Gasteiger partial charge in [-0.1, -0.05) is 44.2 Å². The van der Waals surface area contributed by atoms with Crippen LogP contribution in [0.15, 0.2) is 49.1 Å². The Morgan fingerprint density at radius 3 is 2.42 bits per heavy atom. The van der Waals surface area contributed by atoms with Crippen LogP contribution in [-0.4, -0.2) is 23.6 Å². The van der Waals surface area contributed by atoms with Crippen LogP contribution < -0.4 is 4.57 Å². The van der Waals surface area contributed by atoms with E-state index in [4.69, 9.17) is 0 Å². The van der Waals surface area contributed by atoms with Crippen LogP contribution in [0.3, 0.4) is 0 Å². The normalized spacial score (nSPS) is 13.2. The second-order valence-corrected chi connectivity index (χ2v) is 5.64. The number of hydrogen-bond donors (Lipinski definition) is 0. The third-order valence-electron chi connectivity index (χ3n) is 3.35. The maximum Gasteiger partial charge on any atom is 0.245 e. The number of imidazole rings is 1. The topological polar surface area (TPSA) is 12.1 Å². The van der Waals surface area contributed by atoms with Crippen molar-refractivity contribution < 1.29 is 4.57 Å². The molecule has 0 fully saturated rings. The van der Waals surface area contributed by atoms with Gasteiger partial charge in [0.2, 0.25) is 6.33 Å². The Hall–Kier alpha value is -1.61. The maximum absolute atomic E-state index is 2.29. The first-order chi connectivity index (χ1) is 9.08. The zero-order chi connectivity index (χ0) is 13.8. The third kappa shape index (κ3) is 3.44. The molecule has 3 heteroatoms. The van der Waals surface area contributed by atoms with Gasteiger partial charge in [0.15, 0.2) is 6.17 Å². The molecule has 0 saturated carbocycles. The highest BCUT2D eigenvalue weighted by Gasteiger charge is 2.22. The lowest BCUT2D eigenvalue weighted by Gasteiger charge is -2.24. The molecule has 1 heterocycles. The molecule has 2 aromatic rings. The van der Waals surface area contributed by atoms with Crippen LogP contribution >= 0.6 is 0 Å². The standard InChI is InChI=1S/C16H24N3/c1-14(2)16(17(3)4)19-11-10-18(13-19)12-15-8-6-5-7-9-15/h5-11,13-14,16H,12H2,1-4H3/q+1. The van der Waals surface area contributed by atoms with E-state index in [0.29, 0.717) is 12.1 Å². The molecule has 0 aliphatic heterocycles. The van der Waals surface area contributed by atoms with E-state index in [1.165, 1.54) is 5.56 Å². The zero-order valence-electron chi connectivity index (χ0n) is 12.3. The van der Waals surface area contributed by atoms with Gasteiger partial charge in [0.1, 0.15) is 18.9 Å². The van der Waals surface area contributed by atoms with Gasteiger partial charge in [-0.3, -0.25) is 4.90 Å². The second kappa shape index (κ2) is 6.02. The summed E-state index contributed by atoms with van der Waals surface area (Å²) >= 11 is 0. The predicted molar refractivity (Wildman–Crippen MR) is 77.7 cm³/mol. The van der Waals surface area contributed by atoms with Gasteiger partial charge in [0.05, 0.1) is 0 Å². The summed E-state index contributed by atoms with van der Waals surface area (Å²) in [5.74, 6) is 0.576. The minimum atomic E-state index is 0.400. The minimum absolute atomic E-state index is 0.400. The molecule has 0 saturated heterocycles. The summed E-state index contributed by atoms with van der Waals surface area (Å²) in [6.45, 7) is 5.44. The summed E-state index contributed by atoms with van der Waals surface area (Å²) in [7, 11) is 4.26. The smallest absolute Gasteiger partial charge is 0.245 e. The van der Waals surface area contributed by atoms with Crippen molar-refractivity contribution in [2.24, 2.45) is 5.92 Å². The van der Waals surface area contributed by atoms with Crippen LogP contribution in [-0.2, 0) is 6.54 Å². The Balaban J connectivity index is 2.14. The molecule has 1 aromatic heterocycles. The second-order valence-electron chi connectivity index (χ2n) is 5.64. The number of benzene rings is 1. The van der Waals surface area contributed by atoms with Crippen LogP contribution in [0.1, 0.15) is 25.6 Å². The first kappa shape index (κ1) is 13.8. The summed E-state index contributed by atoms with van der Waals surface area (Å²) in [5, 5.41) is 0. The van der Waals surface area contributed by atoms with E-state index < -0.39 is 0 Å². The number of nitrogens with zero attached hydrogens (tertiary/aromatic N) is 3. The number of rotatable bonds is 5. The van der Waals surface area contributed by atoms with E-state index in [0.717, 1.165) is 6.54 Å². The fourth-order valence-corrected chi connectivity index (χ4v) is 2.66. The molecular weight excluding hydrogens is 234 g/mol. The molecular formula is C16H24N3+. The lowest BCUT2D eigenvalue weighted by atomic mass is 10.1. The lowest BCUT2D eigenvalue weighted by molar-refractivity contribution is -0.688. The van der Waals surface area contributed by atoms with Crippen molar-refractivity contribution in [3.63, 3.8) is 0 Å². The Morgan fingerprint density at radius 2 is 1.84 bits per heavy atom. The van der Waals surface area contributed by atoms with Crippen LogP contribution in [0.4, 0.5) is 0 Å². The third-order valence-corrected chi connectivity index (χ3v) is 3.35. The highest BCUT2D eigenvalue weighted by Crippen LogP contribution is 2.18. The van der Waals surface area contributed by atoms with Crippen LogP contribution in [0.25, 0.3) is 0 Å². The van der Waals surface area contributed by atoms with Gasteiger partial charge < -0.3 is 0 Å². The molecule has 2 rings (SSSR count). The molecule has 0 bridgehead atoms. The van der Waals surface area contributed by atoms with E-state index in [1.54, 1.807) is 0 Å². The van der Waals surface area contributed by atoms with Crippen LogP contribution in [0.2, 0.25) is 0 Å². The van der Waals surface area contributed by atoms with Crippen molar-refractivity contribution in [3.05, 3.63) is 54.6 Å². The van der Waals surface area contributed by atoms with Gasteiger partial charge in [0.25, 0.3) is 0 Å². The fourth-order valence-electron chi connectivity index (χ4n) is 2.66. The maximum atomic E-state index is 2.29. The summed E-state index contributed by atoms with van der Waals surface area (Å²) < 4.78 is 4.52. The van der Waals surface area contributed by atoms with E-state index in [-0.39, 0.29) is 0 Å². The van der Waals surface area contributed by atoms with Crippen molar-refractivity contribution >= 4 is 0 Å². The molecule has 0 aliphatic rings. The molecule has 3 nitrogen and oxygen atoms in total. The van der Waals surface area contributed by atoms with Crippen molar-refractivity contribution in [1.29, 1.82) is 0 Å². The molecule has 19 heavy (non-hydrogen) atoms. The number of hydrogen-bond acceptors (Lipinski definition) is 1. The van der Waals surface area contributed by atoms with E-state index >= 15 is 0 Å². The molecule has 0 aliphatic carbocycles. The van der Waals surface area contributed by atoms with E-state index in [1.807, 2.05) is 0 Å². The first-order valence-corrected chi connectivity index (χ1v) is 6.85. The zero-order valence-corrected chi connectivity index (χ0v) is 12.3. The van der Waals surface area contributed by atoms with Gasteiger partial charge in [0, 0.05) is 5.92 Å². The summed E-state index contributed by atoms with van der Waals surface area (Å²) in [4.78, 5) is 2.26. The Kier molecular flexibility index (Phi) is 4.38. The van der Waals surface area contributed by atoms with E-state index in [2.05, 4.69) is 91.0 Å². The lowest BCUT2D eigenvalue weighted by Crippen LogP contribution is -2.34. The van der Waals surface area contributed by atoms with Crippen LogP contribution in [0, 0.1) is 5.92 Å². The average Bonchev–Trinajstić information content (AvgIpc) is 2.77. The fraction of sp³-hybridized carbons (Fsp3) is 0.438. The largest absolute Gasteiger partial charge is 0.271 e. The van der Waals surface area contributed by atoms with Gasteiger partial charge in [-0.05, 0) is 19.7 Å². The highest BCUT2D eigenvalue weighted by molar-refractivity contribution is 5.13. The Morgan fingerprint density at radius 1 is 1.16 bits per heavy atom. The molecule has 1 atom stereocenters. The van der Waals surface area contributed by atoms with Crippen molar-refractivity contribution in [2.45, 2.75) is 26.6 Å². The SMILES string of the molecule is CC(C)C(N(C)C)n1cc[n+](Cc2ccccc2)c1. The van der Waals surface area contributed by atoms with Crippen molar-refractivity contribution in [3.8, 4) is 0 Å². The molecule has 0 radical (unpaired) electrons. The quantitative estimate of drug-likeness (QED) is 0.751. The van der Waals surface area contributed by atoms with Gasteiger partial charge in [-0.15, -0.1) is 0 Å². The molecule has 0 N–H and O–H groups in total. The molecule has 0 amide bonds. The summed E-state index contributed by atoms with van der Waals surface area (Å²) in [6.07, 6.45) is 6.90. The summed E-state index contributed by atoms with van der Waals surface area (Å²) in [5.41, 5.74) is 1.33. The minimum Gasteiger partial charge on any atom is -0.271 e.